The van der Waals surface area contributed by atoms with Gasteiger partial charge in [-0.3, -0.25) is 10.1 Å². The molecule has 8 heteroatoms. The van der Waals surface area contributed by atoms with E-state index in [4.69, 9.17) is 9.47 Å². The minimum Gasteiger partial charge on any atom is -0.446 e. The van der Waals surface area contributed by atoms with Crippen molar-refractivity contribution >= 4 is 29.5 Å². The molecule has 3 heterocycles. The molecule has 1 aromatic heterocycles. The molecule has 0 bridgehead atoms. The Labute approximate surface area is 187 Å². The van der Waals surface area contributed by atoms with Gasteiger partial charge in [-0.15, -0.1) is 0 Å². The first kappa shape index (κ1) is 22.0. The predicted octanol–water partition coefficient (Wildman–Crippen LogP) is 3.11. The van der Waals surface area contributed by atoms with Crippen molar-refractivity contribution in [3.63, 3.8) is 0 Å². The third-order valence-electron chi connectivity index (χ3n) is 5.47. The van der Waals surface area contributed by atoms with E-state index in [0.717, 1.165) is 50.5 Å². The van der Waals surface area contributed by atoms with Gasteiger partial charge in [0.15, 0.2) is 5.78 Å². The number of allylic oxidation sites excluding steroid dienone is 1. The lowest BCUT2D eigenvalue weighted by Crippen LogP contribution is -2.36. The number of carbonyl (C=O) groups is 2. The molecule has 2 N–H and O–H groups in total. The van der Waals surface area contributed by atoms with Crippen LogP contribution in [-0.4, -0.2) is 62.4 Å². The molecule has 2 aromatic rings. The second-order valence-corrected chi connectivity index (χ2v) is 7.77. The average molecular weight is 437 g/mol. The standard InChI is InChI=1S/C24H28N4O4/c29-22(9-8-19-2-1-3-23(26-19)28-14-16-31-17-15-28)18-4-6-20(7-5-18)27-24(30)32-21-10-12-25-13-11-21/h1-9,21,25H,10-17H2,(H,27,30)/b9-8+. The van der Waals surface area contributed by atoms with Crippen molar-refractivity contribution in [2.24, 2.45) is 0 Å². The molecule has 0 saturated carbocycles. The first-order valence-electron chi connectivity index (χ1n) is 11.0. The van der Waals surface area contributed by atoms with Crippen LogP contribution < -0.4 is 15.5 Å². The summed E-state index contributed by atoms with van der Waals surface area (Å²) in [6, 6.07) is 12.5. The van der Waals surface area contributed by atoms with Crippen molar-refractivity contribution in [2.75, 3.05) is 49.6 Å². The monoisotopic (exact) mass is 436 g/mol. The maximum Gasteiger partial charge on any atom is 0.411 e. The van der Waals surface area contributed by atoms with Crippen molar-refractivity contribution in [2.45, 2.75) is 18.9 Å². The lowest BCUT2D eigenvalue weighted by atomic mass is 10.1. The average Bonchev–Trinajstić information content (AvgIpc) is 2.84. The molecule has 2 aliphatic heterocycles. The Morgan fingerprint density at radius 3 is 2.59 bits per heavy atom. The van der Waals surface area contributed by atoms with Gasteiger partial charge < -0.3 is 19.7 Å². The molecule has 1 amide bonds. The smallest absolute Gasteiger partial charge is 0.411 e. The highest BCUT2D eigenvalue weighted by atomic mass is 16.6. The van der Waals surface area contributed by atoms with Gasteiger partial charge in [0.2, 0.25) is 0 Å². The van der Waals surface area contributed by atoms with Gasteiger partial charge in [-0.1, -0.05) is 6.07 Å². The Hall–Kier alpha value is -3.23. The number of nitrogens with zero attached hydrogens (tertiary/aromatic N) is 2. The van der Waals surface area contributed by atoms with Crippen molar-refractivity contribution in [1.29, 1.82) is 0 Å². The molecule has 8 nitrogen and oxygen atoms in total. The molecule has 0 unspecified atom stereocenters. The molecule has 0 radical (unpaired) electrons. The summed E-state index contributed by atoms with van der Waals surface area (Å²) >= 11 is 0. The van der Waals surface area contributed by atoms with Crippen LogP contribution in [0.15, 0.2) is 48.5 Å². The number of hydrogen-bond acceptors (Lipinski definition) is 7. The largest absolute Gasteiger partial charge is 0.446 e. The van der Waals surface area contributed by atoms with Gasteiger partial charge in [0.1, 0.15) is 11.9 Å². The molecule has 2 fully saturated rings. The first-order valence-corrected chi connectivity index (χ1v) is 11.0. The Morgan fingerprint density at radius 1 is 1.09 bits per heavy atom. The Bertz CT molecular complexity index is 949. The van der Waals surface area contributed by atoms with Gasteiger partial charge >= 0.3 is 6.09 Å². The summed E-state index contributed by atoms with van der Waals surface area (Å²) in [6.07, 6.45) is 4.34. The fourth-order valence-electron chi connectivity index (χ4n) is 3.69. The van der Waals surface area contributed by atoms with Crippen LogP contribution in [0.1, 0.15) is 28.9 Å². The van der Waals surface area contributed by atoms with E-state index < -0.39 is 6.09 Å². The summed E-state index contributed by atoms with van der Waals surface area (Å²) in [5, 5.41) is 5.95. The molecule has 0 spiro atoms. The van der Waals surface area contributed by atoms with E-state index in [1.54, 1.807) is 30.3 Å². The normalized spacial score (nSPS) is 17.3. The van der Waals surface area contributed by atoms with Crippen LogP contribution in [0.2, 0.25) is 0 Å². The van der Waals surface area contributed by atoms with Crippen molar-refractivity contribution in [3.05, 3.63) is 59.8 Å². The van der Waals surface area contributed by atoms with Crippen molar-refractivity contribution in [1.82, 2.24) is 10.3 Å². The van der Waals surface area contributed by atoms with Crippen LogP contribution in [0, 0.1) is 0 Å². The Balaban J connectivity index is 1.31. The van der Waals surface area contributed by atoms with E-state index in [1.807, 2.05) is 18.2 Å². The van der Waals surface area contributed by atoms with Crippen LogP contribution in [0.5, 0.6) is 0 Å². The third kappa shape index (κ3) is 6.15. The quantitative estimate of drug-likeness (QED) is 0.531. The molecule has 2 aliphatic rings. The number of morpholine rings is 1. The second-order valence-electron chi connectivity index (χ2n) is 7.77. The fourth-order valence-corrected chi connectivity index (χ4v) is 3.69. The molecule has 4 rings (SSSR count). The zero-order chi connectivity index (χ0) is 22.2. The number of anilines is 2. The Morgan fingerprint density at radius 2 is 1.84 bits per heavy atom. The Kier molecular flexibility index (Phi) is 7.47. The molecule has 32 heavy (non-hydrogen) atoms. The first-order chi connectivity index (χ1) is 15.7. The van der Waals surface area contributed by atoms with Gasteiger partial charge in [-0.05, 0) is 74.5 Å². The number of benzene rings is 1. The molecule has 0 aliphatic carbocycles. The molecular formula is C24H28N4O4. The number of ketones is 1. The lowest BCUT2D eigenvalue weighted by molar-refractivity contribution is 0.0908. The predicted molar refractivity (Wildman–Crippen MR) is 123 cm³/mol. The highest BCUT2D eigenvalue weighted by Crippen LogP contribution is 2.16. The maximum absolute atomic E-state index is 12.5. The molecule has 168 valence electrons. The summed E-state index contributed by atoms with van der Waals surface area (Å²) in [5.41, 5.74) is 1.84. The fraction of sp³-hybridized carbons (Fsp3) is 0.375. The number of amides is 1. The number of carbonyl (C=O) groups excluding carboxylic acids is 2. The zero-order valence-corrected chi connectivity index (χ0v) is 18.0. The van der Waals surface area contributed by atoms with Gasteiger partial charge in [0, 0.05) is 24.3 Å². The number of aromatic nitrogens is 1. The van der Waals surface area contributed by atoms with Crippen molar-refractivity contribution in [3.8, 4) is 0 Å². The third-order valence-corrected chi connectivity index (χ3v) is 5.47. The number of piperidine rings is 1. The van der Waals surface area contributed by atoms with E-state index >= 15 is 0 Å². The van der Waals surface area contributed by atoms with Crippen molar-refractivity contribution < 1.29 is 19.1 Å². The van der Waals surface area contributed by atoms with E-state index in [1.165, 1.54) is 6.08 Å². The molecule has 2 saturated heterocycles. The summed E-state index contributed by atoms with van der Waals surface area (Å²) in [7, 11) is 0. The minimum atomic E-state index is -0.470. The molecule has 0 atom stereocenters. The summed E-state index contributed by atoms with van der Waals surface area (Å²) in [6.45, 7) is 4.72. The number of rotatable bonds is 6. The summed E-state index contributed by atoms with van der Waals surface area (Å²) in [4.78, 5) is 31.4. The van der Waals surface area contributed by atoms with Gasteiger partial charge in [0.25, 0.3) is 0 Å². The van der Waals surface area contributed by atoms with E-state index in [9.17, 15) is 9.59 Å². The van der Waals surface area contributed by atoms with Crippen LogP contribution in [0.4, 0.5) is 16.3 Å². The number of pyridine rings is 1. The zero-order valence-electron chi connectivity index (χ0n) is 18.0. The number of ether oxygens (including phenoxy) is 2. The highest BCUT2D eigenvalue weighted by molar-refractivity contribution is 6.07. The minimum absolute atomic E-state index is 0.0578. The van der Waals surface area contributed by atoms with Crippen LogP contribution in [0.3, 0.4) is 0 Å². The van der Waals surface area contributed by atoms with Crippen LogP contribution in [0.25, 0.3) is 6.08 Å². The second kappa shape index (κ2) is 10.9. The van der Waals surface area contributed by atoms with Crippen LogP contribution in [-0.2, 0) is 9.47 Å². The molecule has 1 aromatic carbocycles. The van der Waals surface area contributed by atoms with Gasteiger partial charge in [-0.25, -0.2) is 9.78 Å². The summed E-state index contributed by atoms with van der Waals surface area (Å²) < 4.78 is 10.8. The maximum atomic E-state index is 12.5. The van der Waals surface area contributed by atoms with Gasteiger partial charge in [-0.2, -0.15) is 0 Å². The van der Waals surface area contributed by atoms with E-state index in [-0.39, 0.29) is 11.9 Å². The van der Waals surface area contributed by atoms with E-state index in [0.29, 0.717) is 24.5 Å². The SMILES string of the molecule is O=C(Nc1ccc(C(=O)/C=C/c2cccc(N3CCOCC3)n2)cc1)OC1CCNCC1. The summed E-state index contributed by atoms with van der Waals surface area (Å²) in [5.74, 6) is 0.752. The van der Waals surface area contributed by atoms with E-state index in [2.05, 4.69) is 20.5 Å². The van der Waals surface area contributed by atoms with Gasteiger partial charge in [0.05, 0.1) is 18.9 Å². The topological polar surface area (TPSA) is 92.8 Å². The lowest BCUT2D eigenvalue weighted by Gasteiger charge is -2.27. The number of nitrogens with one attached hydrogen (secondary N) is 2. The number of hydrogen-bond donors (Lipinski definition) is 2. The highest BCUT2D eigenvalue weighted by Gasteiger charge is 2.17. The molecular weight excluding hydrogens is 408 g/mol. The van der Waals surface area contributed by atoms with Crippen LogP contribution >= 0.6 is 0 Å².